The van der Waals surface area contributed by atoms with Crippen molar-refractivity contribution in [3.8, 4) is 5.75 Å². The predicted molar refractivity (Wildman–Crippen MR) is 76.0 cm³/mol. The number of benzene rings is 1. The van der Waals surface area contributed by atoms with Gasteiger partial charge in [-0.15, -0.1) is 0 Å². The monoisotopic (exact) mass is 320 g/mol. The van der Waals surface area contributed by atoms with Crippen LogP contribution in [0.5, 0.6) is 5.75 Å². The summed E-state index contributed by atoms with van der Waals surface area (Å²) in [5, 5.41) is 12.3. The Balaban J connectivity index is 2.05. The van der Waals surface area contributed by atoms with E-state index in [0.717, 1.165) is 5.56 Å². The average Bonchev–Trinajstić information content (AvgIpc) is 2.40. The lowest BCUT2D eigenvalue weighted by atomic mass is 10.1. The molecule has 1 amide bonds. The number of hydrogen-bond acceptors (Lipinski definition) is 3. The second-order valence-electron chi connectivity index (χ2n) is 4.17. The summed E-state index contributed by atoms with van der Waals surface area (Å²) in [6.45, 7) is 2.40. The van der Waals surface area contributed by atoms with Crippen molar-refractivity contribution in [2.75, 3.05) is 0 Å². The van der Waals surface area contributed by atoms with E-state index in [1.165, 1.54) is 11.6 Å². The van der Waals surface area contributed by atoms with Gasteiger partial charge in [0.2, 0.25) is 0 Å². The number of aromatic nitrogens is 1. The number of nitrogens with zero attached hydrogens (tertiary/aromatic N) is 1. The first-order valence-electron chi connectivity index (χ1n) is 5.75. The van der Waals surface area contributed by atoms with Crippen molar-refractivity contribution in [1.82, 2.24) is 10.3 Å². The number of aryl methyl sites for hydroxylation is 1. The first-order chi connectivity index (χ1) is 9.06. The molecule has 0 radical (unpaired) electrons. The van der Waals surface area contributed by atoms with Gasteiger partial charge < -0.3 is 10.4 Å². The first-order valence-corrected chi connectivity index (χ1v) is 6.55. The topological polar surface area (TPSA) is 62.2 Å². The van der Waals surface area contributed by atoms with Gasteiger partial charge in [-0.3, -0.25) is 4.79 Å². The smallest absolute Gasteiger partial charge is 0.274 e. The zero-order valence-corrected chi connectivity index (χ0v) is 11.9. The van der Waals surface area contributed by atoms with Crippen LogP contribution >= 0.6 is 15.9 Å². The molecular weight excluding hydrogens is 308 g/mol. The normalized spacial score (nSPS) is 10.2. The molecule has 1 aromatic carbocycles. The van der Waals surface area contributed by atoms with Gasteiger partial charge in [0.05, 0.1) is 0 Å². The standard InChI is InChI=1S/C14H13BrN2O2/c1-9-2-4-10(5-3-9)8-16-14(19)13-11(18)6-7-12(15)17-13/h2-7,18H,8H2,1H3,(H,16,19). The molecule has 0 saturated carbocycles. The van der Waals surface area contributed by atoms with Gasteiger partial charge in [0.1, 0.15) is 10.4 Å². The molecule has 2 aromatic rings. The van der Waals surface area contributed by atoms with E-state index in [-0.39, 0.29) is 11.4 Å². The van der Waals surface area contributed by atoms with Crippen molar-refractivity contribution in [2.45, 2.75) is 13.5 Å². The molecule has 0 spiro atoms. The minimum Gasteiger partial charge on any atom is -0.505 e. The minimum atomic E-state index is -0.403. The van der Waals surface area contributed by atoms with Gasteiger partial charge in [0.25, 0.3) is 5.91 Å². The fourth-order valence-electron chi connectivity index (χ4n) is 1.57. The van der Waals surface area contributed by atoms with E-state index in [0.29, 0.717) is 11.1 Å². The molecule has 0 aliphatic rings. The van der Waals surface area contributed by atoms with Crippen LogP contribution in [-0.2, 0) is 6.54 Å². The summed E-state index contributed by atoms with van der Waals surface area (Å²) in [7, 11) is 0. The SMILES string of the molecule is Cc1ccc(CNC(=O)c2nc(Br)ccc2O)cc1. The zero-order valence-electron chi connectivity index (χ0n) is 10.4. The summed E-state index contributed by atoms with van der Waals surface area (Å²) in [4.78, 5) is 15.9. The summed E-state index contributed by atoms with van der Waals surface area (Å²) in [5.74, 6) is -0.538. The lowest BCUT2D eigenvalue weighted by molar-refractivity contribution is 0.0943. The van der Waals surface area contributed by atoms with Crippen molar-refractivity contribution in [3.05, 3.63) is 57.8 Å². The highest BCUT2D eigenvalue weighted by molar-refractivity contribution is 9.10. The Labute approximate surface area is 119 Å². The molecule has 0 unspecified atom stereocenters. The van der Waals surface area contributed by atoms with Crippen LogP contribution in [-0.4, -0.2) is 16.0 Å². The predicted octanol–water partition coefficient (Wildman–Crippen LogP) is 2.79. The van der Waals surface area contributed by atoms with Crippen molar-refractivity contribution in [1.29, 1.82) is 0 Å². The van der Waals surface area contributed by atoms with Crippen molar-refractivity contribution in [3.63, 3.8) is 0 Å². The number of carbonyl (C=O) groups is 1. The molecule has 19 heavy (non-hydrogen) atoms. The Morgan fingerprint density at radius 3 is 2.63 bits per heavy atom. The second kappa shape index (κ2) is 5.84. The fraction of sp³-hybridized carbons (Fsp3) is 0.143. The number of carbonyl (C=O) groups excluding carboxylic acids is 1. The third-order valence-electron chi connectivity index (χ3n) is 2.63. The lowest BCUT2D eigenvalue weighted by Gasteiger charge is -2.07. The van der Waals surface area contributed by atoms with Crippen LogP contribution in [0, 0.1) is 6.92 Å². The van der Waals surface area contributed by atoms with Crippen LogP contribution in [0.15, 0.2) is 41.0 Å². The molecule has 1 heterocycles. The summed E-state index contributed by atoms with van der Waals surface area (Å²) < 4.78 is 0.505. The highest BCUT2D eigenvalue weighted by Gasteiger charge is 2.12. The van der Waals surface area contributed by atoms with E-state index in [9.17, 15) is 9.90 Å². The highest BCUT2D eigenvalue weighted by atomic mass is 79.9. The molecule has 0 fully saturated rings. The summed E-state index contributed by atoms with van der Waals surface area (Å²) in [6.07, 6.45) is 0. The maximum atomic E-state index is 11.9. The third-order valence-corrected chi connectivity index (χ3v) is 3.07. The highest BCUT2D eigenvalue weighted by Crippen LogP contribution is 2.17. The average molecular weight is 321 g/mol. The second-order valence-corrected chi connectivity index (χ2v) is 4.98. The minimum absolute atomic E-state index is 0.0153. The van der Waals surface area contributed by atoms with E-state index in [1.807, 2.05) is 31.2 Å². The van der Waals surface area contributed by atoms with Gasteiger partial charge in [-0.2, -0.15) is 0 Å². The lowest BCUT2D eigenvalue weighted by Crippen LogP contribution is -2.24. The van der Waals surface area contributed by atoms with Crippen molar-refractivity contribution >= 4 is 21.8 Å². The molecule has 5 heteroatoms. The van der Waals surface area contributed by atoms with E-state index >= 15 is 0 Å². The van der Waals surface area contributed by atoms with Crippen LogP contribution in [0.4, 0.5) is 0 Å². The molecule has 0 saturated heterocycles. The molecule has 2 rings (SSSR count). The molecule has 0 aliphatic heterocycles. The Morgan fingerprint density at radius 1 is 1.26 bits per heavy atom. The number of rotatable bonds is 3. The number of halogens is 1. The van der Waals surface area contributed by atoms with E-state index in [1.54, 1.807) is 6.07 Å². The van der Waals surface area contributed by atoms with Crippen LogP contribution in [0.3, 0.4) is 0 Å². The maximum Gasteiger partial charge on any atom is 0.274 e. The number of amides is 1. The molecule has 0 aliphatic carbocycles. The van der Waals surface area contributed by atoms with Gasteiger partial charge in [0, 0.05) is 6.54 Å². The van der Waals surface area contributed by atoms with Crippen molar-refractivity contribution in [2.24, 2.45) is 0 Å². The van der Waals surface area contributed by atoms with Crippen LogP contribution < -0.4 is 5.32 Å². The van der Waals surface area contributed by atoms with Gasteiger partial charge in [0.15, 0.2) is 5.69 Å². The van der Waals surface area contributed by atoms with Gasteiger partial charge in [-0.05, 0) is 40.5 Å². The van der Waals surface area contributed by atoms with Gasteiger partial charge in [-0.1, -0.05) is 29.8 Å². The zero-order chi connectivity index (χ0) is 13.8. The third kappa shape index (κ3) is 3.54. The number of hydrogen-bond donors (Lipinski definition) is 2. The Morgan fingerprint density at radius 2 is 1.95 bits per heavy atom. The number of nitrogens with one attached hydrogen (secondary N) is 1. The largest absolute Gasteiger partial charge is 0.505 e. The summed E-state index contributed by atoms with van der Waals surface area (Å²) in [5.41, 5.74) is 2.18. The van der Waals surface area contributed by atoms with Crippen molar-refractivity contribution < 1.29 is 9.90 Å². The Hall–Kier alpha value is -1.88. The summed E-state index contributed by atoms with van der Waals surface area (Å²) in [6, 6.07) is 10.9. The maximum absolute atomic E-state index is 11.9. The molecule has 98 valence electrons. The molecule has 2 N–H and O–H groups in total. The Bertz CT molecular complexity index is 597. The van der Waals surface area contributed by atoms with Crippen LogP contribution in [0.1, 0.15) is 21.6 Å². The van der Waals surface area contributed by atoms with Crippen LogP contribution in [0.25, 0.3) is 0 Å². The molecule has 1 aromatic heterocycles. The van der Waals surface area contributed by atoms with Gasteiger partial charge in [-0.25, -0.2) is 4.98 Å². The molecule has 4 nitrogen and oxygen atoms in total. The molecule has 0 atom stereocenters. The van der Waals surface area contributed by atoms with Gasteiger partial charge >= 0.3 is 0 Å². The van der Waals surface area contributed by atoms with E-state index in [4.69, 9.17) is 0 Å². The molecular formula is C14H13BrN2O2. The first kappa shape index (κ1) is 13.5. The van der Waals surface area contributed by atoms with E-state index in [2.05, 4.69) is 26.2 Å². The fourth-order valence-corrected chi connectivity index (χ4v) is 1.88. The Kier molecular flexibility index (Phi) is 4.16. The quantitative estimate of drug-likeness (QED) is 0.855. The molecule has 0 bridgehead atoms. The van der Waals surface area contributed by atoms with E-state index < -0.39 is 5.91 Å². The van der Waals surface area contributed by atoms with Crippen LogP contribution in [0.2, 0.25) is 0 Å². The number of pyridine rings is 1. The summed E-state index contributed by atoms with van der Waals surface area (Å²) >= 11 is 3.17. The number of aromatic hydroxyl groups is 1.